The molecule has 3 aromatic carbocycles. The Labute approximate surface area is 172 Å². The molecule has 0 N–H and O–H groups in total. The summed E-state index contributed by atoms with van der Waals surface area (Å²) in [5.74, 6) is 0.856. The number of hydrogen-bond acceptors (Lipinski definition) is 1. The number of rotatable bonds is 1. The molecule has 5 rings (SSSR count). The van der Waals surface area contributed by atoms with Crippen LogP contribution in [0.2, 0.25) is 0 Å². The lowest BCUT2D eigenvalue weighted by Gasteiger charge is -2.17. The van der Waals surface area contributed by atoms with Crippen LogP contribution >= 0.6 is 15.9 Å². The molecule has 1 aromatic heterocycles. The summed E-state index contributed by atoms with van der Waals surface area (Å²) in [6, 6.07) is 21.2. The molecular weight excluding hydrogens is 410 g/mol. The molecule has 4 aromatic rings. The second kappa shape index (κ2) is 6.84. The Hall–Kier alpha value is -3.04. The predicted molar refractivity (Wildman–Crippen MR) is 121 cm³/mol. The summed E-state index contributed by atoms with van der Waals surface area (Å²) >= 11 is 3.62. The first-order valence-corrected chi connectivity index (χ1v) is 10.0. The van der Waals surface area contributed by atoms with E-state index in [2.05, 4.69) is 87.7 Å². The summed E-state index contributed by atoms with van der Waals surface area (Å²) in [5.41, 5.74) is 5.28. The molecule has 0 radical (unpaired) electrons. The second-order valence-electron chi connectivity index (χ2n) is 6.79. The van der Waals surface area contributed by atoms with E-state index in [0.29, 0.717) is 6.61 Å². The summed E-state index contributed by atoms with van der Waals surface area (Å²) in [5, 5.41) is 2.43. The molecule has 2 nitrogen and oxygen atoms in total. The quantitative estimate of drug-likeness (QED) is 0.317. The molecule has 136 valence electrons. The Morgan fingerprint density at radius 3 is 2.68 bits per heavy atom. The predicted octanol–water partition coefficient (Wildman–Crippen LogP) is 7.06. The third-order valence-corrected chi connectivity index (χ3v) is 5.58. The molecule has 0 unspecified atom stereocenters. The molecule has 1 aliphatic heterocycles. The summed E-state index contributed by atoms with van der Waals surface area (Å²) in [6.45, 7) is 4.76. The van der Waals surface area contributed by atoms with E-state index in [9.17, 15) is 0 Å². The minimum atomic E-state index is 0.518. The van der Waals surface area contributed by atoms with Gasteiger partial charge in [0.15, 0.2) is 5.75 Å². The lowest BCUT2D eigenvalue weighted by atomic mass is 10.0. The van der Waals surface area contributed by atoms with Crippen molar-refractivity contribution in [1.82, 2.24) is 4.57 Å². The Morgan fingerprint density at radius 2 is 1.75 bits per heavy atom. The number of aromatic nitrogens is 1. The van der Waals surface area contributed by atoms with Crippen molar-refractivity contribution in [3.8, 4) is 11.4 Å². The van der Waals surface area contributed by atoms with Gasteiger partial charge in [-0.05, 0) is 42.0 Å². The maximum Gasteiger partial charge on any atom is 0.151 e. The van der Waals surface area contributed by atoms with Crippen LogP contribution < -0.4 is 4.74 Å². The van der Waals surface area contributed by atoms with Gasteiger partial charge in [-0.1, -0.05) is 71.1 Å². The zero-order valence-electron chi connectivity index (χ0n) is 15.2. The number of ether oxygens (including phenoxy) is 1. The van der Waals surface area contributed by atoms with E-state index in [0.717, 1.165) is 38.1 Å². The van der Waals surface area contributed by atoms with Crippen LogP contribution in [-0.4, -0.2) is 11.2 Å². The third kappa shape index (κ3) is 2.71. The van der Waals surface area contributed by atoms with Gasteiger partial charge in [-0.2, -0.15) is 0 Å². The van der Waals surface area contributed by atoms with Crippen molar-refractivity contribution in [2.75, 3.05) is 6.61 Å². The van der Waals surface area contributed by atoms with Crippen molar-refractivity contribution in [3.63, 3.8) is 0 Å². The first-order chi connectivity index (χ1) is 13.7. The third-order valence-electron chi connectivity index (χ3n) is 5.08. The van der Waals surface area contributed by atoms with Crippen LogP contribution in [0.5, 0.6) is 5.75 Å². The highest BCUT2D eigenvalue weighted by atomic mass is 79.9. The minimum absolute atomic E-state index is 0.518. The molecule has 28 heavy (non-hydrogen) atoms. The van der Waals surface area contributed by atoms with Crippen LogP contribution in [0.3, 0.4) is 0 Å². The van der Waals surface area contributed by atoms with E-state index >= 15 is 0 Å². The van der Waals surface area contributed by atoms with Gasteiger partial charge in [0.05, 0.1) is 16.7 Å². The number of hydrogen-bond donors (Lipinski definition) is 0. The Balaban J connectivity index is 1.88. The van der Waals surface area contributed by atoms with Crippen molar-refractivity contribution >= 4 is 43.3 Å². The van der Waals surface area contributed by atoms with Crippen molar-refractivity contribution < 1.29 is 4.74 Å². The number of benzene rings is 3. The van der Waals surface area contributed by atoms with Crippen LogP contribution in [0.4, 0.5) is 0 Å². The summed E-state index contributed by atoms with van der Waals surface area (Å²) in [6.07, 6.45) is 8.04. The molecule has 2 heterocycles. The number of halogens is 1. The maximum absolute atomic E-state index is 6.24. The fourth-order valence-corrected chi connectivity index (χ4v) is 4.20. The largest absolute Gasteiger partial charge is 0.487 e. The average Bonchev–Trinajstić information content (AvgIpc) is 3.07. The van der Waals surface area contributed by atoms with Crippen LogP contribution in [0.1, 0.15) is 5.56 Å². The van der Waals surface area contributed by atoms with Gasteiger partial charge in [-0.3, -0.25) is 0 Å². The fourth-order valence-electron chi connectivity index (χ4n) is 3.84. The smallest absolute Gasteiger partial charge is 0.151 e. The maximum atomic E-state index is 6.24. The molecule has 0 fully saturated rings. The normalized spacial score (nSPS) is 16.1. The van der Waals surface area contributed by atoms with Gasteiger partial charge in [0.1, 0.15) is 6.61 Å². The number of allylic oxidation sites excluding steroid dienone is 4. The molecule has 0 saturated carbocycles. The average molecular weight is 428 g/mol. The molecule has 0 amide bonds. The van der Waals surface area contributed by atoms with E-state index in [1.165, 1.54) is 10.8 Å². The monoisotopic (exact) mass is 427 g/mol. The lowest BCUT2D eigenvalue weighted by Crippen LogP contribution is -2.03. The molecule has 0 aliphatic carbocycles. The van der Waals surface area contributed by atoms with Gasteiger partial charge in [0, 0.05) is 20.8 Å². The summed E-state index contributed by atoms with van der Waals surface area (Å²) in [7, 11) is 0. The lowest BCUT2D eigenvalue weighted by molar-refractivity contribution is 0.361. The summed E-state index contributed by atoms with van der Waals surface area (Å²) < 4.78 is 9.60. The highest BCUT2D eigenvalue weighted by Gasteiger charge is 2.18. The highest BCUT2D eigenvalue weighted by Crippen LogP contribution is 2.39. The van der Waals surface area contributed by atoms with E-state index in [4.69, 9.17) is 4.74 Å². The van der Waals surface area contributed by atoms with Crippen molar-refractivity contribution in [2.24, 2.45) is 0 Å². The highest BCUT2D eigenvalue weighted by molar-refractivity contribution is 9.10. The number of para-hydroxylation sites is 2. The topological polar surface area (TPSA) is 14.2 Å². The molecule has 0 saturated heterocycles. The number of nitrogens with zero attached hydrogens (tertiary/aromatic N) is 1. The Morgan fingerprint density at radius 1 is 0.893 bits per heavy atom. The van der Waals surface area contributed by atoms with Gasteiger partial charge < -0.3 is 9.30 Å². The standard InChI is InChI=1S/C25H18BrNO/c1-17-8-3-2-6-15-28-25-19(17)10-7-12-24(25)27-22-11-5-4-9-20(22)21-16-18(26)13-14-23(21)27/h2-14,16H,1,15H2/b6-2-,8-3-. The molecular formula is C25H18BrNO. The van der Waals surface area contributed by atoms with Gasteiger partial charge >= 0.3 is 0 Å². The van der Waals surface area contributed by atoms with E-state index in [1.54, 1.807) is 0 Å². The van der Waals surface area contributed by atoms with E-state index < -0.39 is 0 Å². The van der Waals surface area contributed by atoms with Crippen molar-refractivity contribution in [3.05, 3.63) is 102 Å². The molecule has 0 spiro atoms. The molecule has 1 aliphatic rings. The summed E-state index contributed by atoms with van der Waals surface area (Å²) in [4.78, 5) is 0. The van der Waals surface area contributed by atoms with Crippen LogP contribution in [0.25, 0.3) is 33.1 Å². The molecule has 0 bridgehead atoms. The first-order valence-electron chi connectivity index (χ1n) is 9.21. The van der Waals surface area contributed by atoms with Gasteiger partial charge in [0.2, 0.25) is 0 Å². The van der Waals surface area contributed by atoms with Gasteiger partial charge in [-0.15, -0.1) is 0 Å². The van der Waals surface area contributed by atoms with E-state index in [-0.39, 0.29) is 0 Å². The molecule has 0 atom stereocenters. The van der Waals surface area contributed by atoms with Crippen molar-refractivity contribution in [1.29, 1.82) is 0 Å². The fraction of sp³-hybridized carbons (Fsp3) is 0.0400. The minimum Gasteiger partial charge on any atom is -0.487 e. The van der Waals surface area contributed by atoms with Crippen molar-refractivity contribution in [2.45, 2.75) is 0 Å². The van der Waals surface area contributed by atoms with Gasteiger partial charge in [0.25, 0.3) is 0 Å². The van der Waals surface area contributed by atoms with Crippen LogP contribution in [0, 0.1) is 0 Å². The van der Waals surface area contributed by atoms with Crippen LogP contribution in [0.15, 0.2) is 96.0 Å². The molecule has 3 heteroatoms. The Kier molecular flexibility index (Phi) is 4.18. The second-order valence-corrected chi connectivity index (χ2v) is 7.71. The number of fused-ring (bicyclic) bond motifs is 4. The van der Waals surface area contributed by atoms with Crippen LogP contribution in [-0.2, 0) is 0 Å². The Bertz CT molecular complexity index is 1290. The van der Waals surface area contributed by atoms with E-state index in [1.807, 2.05) is 24.3 Å². The first kappa shape index (κ1) is 17.1. The van der Waals surface area contributed by atoms with Gasteiger partial charge in [-0.25, -0.2) is 0 Å². The SMILES string of the molecule is C=C1/C=C\C=C/COc2c1cccc2-n1c2ccccc2c2cc(Br)ccc21. The zero-order valence-corrected chi connectivity index (χ0v) is 16.8. The zero-order chi connectivity index (χ0) is 19.1.